The molecule has 1 fully saturated rings. The second-order valence-corrected chi connectivity index (χ2v) is 5.98. The number of amides is 3. The molecule has 2 aromatic rings. The lowest BCUT2D eigenvalue weighted by atomic mass is 10.3. The molecule has 1 N–H and O–H groups in total. The predicted molar refractivity (Wildman–Crippen MR) is 90.8 cm³/mol. The van der Waals surface area contributed by atoms with Crippen LogP contribution in [0.5, 0.6) is 0 Å². The number of nitrogens with zero attached hydrogens (tertiary/aromatic N) is 4. The van der Waals surface area contributed by atoms with Crippen LogP contribution in [0.1, 0.15) is 11.4 Å². The zero-order valence-corrected chi connectivity index (χ0v) is 14.3. The molecule has 0 bridgehead atoms. The Morgan fingerprint density at radius 1 is 1.12 bits per heavy atom. The second kappa shape index (κ2) is 7.03. The predicted octanol–water partition coefficient (Wildman–Crippen LogP) is 2.25. The Labute approximate surface area is 148 Å². The van der Waals surface area contributed by atoms with E-state index in [0.29, 0.717) is 6.54 Å². The molecule has 26 heavy (non-hydrogen) atoms. The zero-order valence-electron chi connectivity index (χ0n) is 14.3. The zero-order chi connectivity index (χ0) is 18.8. The molecule has 1 aromatic heterocycles. The highest BCUT2D eigenvalue weighted by molar-refractivity contribution is 5.98. The van der Waals surface area contributed by atoms with E-state index < -0.39 is 23.6 Å². The summed E-state index contributed by atoms with van der Waals surface area (Å²) in [6.07, 6.45) is 0. The number of urea groups is 1. The molecule has 0 aliphatic carbocycles. The number of hydrogen-bond acceptors (Lipinski definition) is 4. The second-order valence-electron chi connectivity index (χ2n) is 5.98. The van der Waals surface area contributed by atoms with Crippen molar-refractivity contribution in [3.05, 3.63) is 47.3 Å². The van der Waals surface area contributed by atoms with Crippen molar-refractivity contribution in [3.8, 4) is 0 Å². The van der Waals surface area contributed by atoms with E-state index in [9.17, 15) is 18.4 Å². The number of nitrogens with one attached hydrogen (secondary N) is 1. The molecule has 9 heteroatoms. The molecular formula is C17H17F2N5O2. The lowest BCUT2D eigenvalue weighted by Crippen LogP contribution is -2.37. The van der Waals surface area contributed by atoms with Crippen LogP contribution in [0.4, 0.5) is 25.2 Å². The molecule has 2 heterocycles. The largest absolute Gasteiger partial charge is 0.325 e. The Bertz CT molecular complexity index is 854. The van der Waals surface area contributed by atoms with Crippen molar-refractivity contribution in [2.24, 2.45) is 0 Å². The van der Waals surface area contributed by atoms with Crippen molar-refractivity contribution in [1.82, 2.24) is 14.9 Å². The minimum atomic E-state index is -1.03. The number of benzene rings is 1. The van der Waals surface area contributed by atoms with Crippen LogP contribution in [-0.4, -0.2) is 46.4 Å². The van der Waals surface area contributed by atoms with Crippen LogP contribution in [0.15, 0.2) is 24.3 Å². The Hall–Kier alpha value is -3.10. The first kappa shape index (κ1) is 17.7. The minimum Gasteiger partial charge on any atom is -0.313 e. The topological polar surface area (TPSA) is 78.4 Å². The van der Waals surface area contributed by atoms with Crippen LogP contribution in [0.2, 0.25) is 0 Å². The van der Waals surface area contributed by atoms with E-state index >= 15 is 0 Å². The van der Waals surface area contributed by atoms with Crippen molar-refractivity contribution in [2.45, 2.75) is 13.8 Å². The maximum absolute atomic E-state index is 13.4. The molecule has 0 radical (unpaired) electrons. The van der Waals surface area contributed by atoms with Gasteiger partial charge in [0.1, 0.15) is 6.54 Å². The first-order valence-corrected chi connectivity index (χ1v) is 7.97. The van der Waals surface area contributed by atoms with Gasteiger partial charge in [-0.3, -0.25) is 15.0 Å². The third-order valence-electron chi connectivity index (χ3n) is 3.88. The molecule has 1 aliphatic rings. The first-order chi connectivity index (χ1) is 12.3. The molecule has 0 saturated carbocycles. The Morgan fingerprint density at radius 2 is 1.81 bits per heavy atom. The number of halogens is 2. The molecule has 136 valence electrons. The number of carbonyl (C=O) groups is 2. The highest BCUT2D eigenvalue weighted by atomic mass is 19.2. The SMILES string of the molecule is Cc1cc(C)nc(NC(=O)CN2CCN(c3ccc(F)c(F)c3)C2=O)n1. The number of hydrogen-bond donors (Lipinski definition) is 1. The lowest BCUT2D eigenvalue weighted by molar-refractivity contribution is -0.116. The van der Waals surface area contributed by atoms with Gasteiger partial charge in [-0.1, -0.05) is 0 Å². The van der Waals surface area contributed by atoms with Gasteiger partial charge in [0.05, 0.1) is 0 Å². The quantitative estimate of drug-likeness (QED) is 0.906. The van der Waals surface area contributed by atoms with Crippen LogP contribution >= 0.6 is 0 Å². The van der Waals surface area contributed by atoms with E-state index in [0.717, 1.165) is 23.5 Å². The maximum Gasteiger partial charge on any atom is 0.325 e. The molecule has 3 rings (SSSR count). The van der Waals surface area contributed by atoms with Crippen molar-refractivity contribution < 1.29 is 18.4 Å². The van der Waals surface area contributed by atoms with Gasteiger partial charge in [0, 0.05) is 36.2 Å². The molecule has 0 unspecified atom stereocenters. The van der Waals surface area contributed by atoms with E-state index in [-0.39, 0.29) is 24.7 Å². The van der Waals surface area contributed by atoms with E-state index in [2.05, 4.69) is 15.3 Å². The van der Waals surface area contributed by atoms with Gasteiger partial charge in [-0.2, -0.15) is 0 Å². The van der Waals surface area contributed by atoms with Crippen molar-refractivity contribution in [1.29, 1.82) is 0 Å². The van der Waals surface area contributed by atoms with Crippen molar-refractivity contribution in [3.63, 3.8) is 0 Å². The summed E-state index contributed by atoms with van der Waals surface area (Å²) in [4.78, 5) is 35.4. The highest BCUT2D eigenvalue weighted by Crippen LogP contribution is 2.22. The summed E-state index contributed by atoms with van der Waals surface area (Å²) in [5.41, 5.74) is 1.68. The van der Waals surface area contributed by atoms with Gasteiger partial charge in [-0.05, 0) is 32.0 Å². The average Bonchev–Trinajstić information content (AvgIpc) is 2.90. The summed E-state index contributed by atoms with van der Waals surface area (Å²) in [5, 5.41) is 2.56. The molecule has 0 spiro atoms. The van der Waals surface area contributed by atoms with Crippen LogP contribution in [0.3, 0.4) is 0 Å². The Balaban J connectivity index is 1.64. The van der Waals surface area contributed by atoms with Crippen LogP contribution < -0.4 is 10.2 Å². The molecular weight excluding hydrogens is 344 g/mol. The van der Waals surface area contributed by atoms with Gasteiger partial charge >= 0.3 is 6.03 Å². The number of aryl methyl sites for hydroxylation is 2. The Kier molecular flexibility index (Phi) is 4.79. The summed E-state index contributed by atoms with van der Waals surface area (Å²) >= 11 is 0. The van der Waals surface area contributed by atoms with Crippen LogP contribution in [0, 0.1) is 25.5 Å². The monoisotopic (exact) mass is 361 g/mol. The molecule has 3 amide bonds. The number of rotatable bonds is 4. The number of carbonyl (C=O) groups excluding carboxylic acids is 2. The third-order valence-corrected chi connectivity index (χ3v) is 3.88. The summed E-state index contributed by atoms with van der Waals surface area (Å²) in [5.74, 6) is -2.27. The summed E-state index contributed by atoms with van der Waals surface area (Å²) in [6.45, 7) is 3.95. The highest BCUT2D eigenvalue weighted by Gasteiger charge is 2.31. The fourth-order valence-corrected chi connectivity index (χ4v) is 2.74. The fourth-order valence-electron chi connectivity index (χ4n) is 2.74. The smallest absolute Gasteiger partial charge is 0.313 e. The van der Waals surface area contributed by atoms with Crippen LogP contribution in [0.25, 0.3) is 0 Å². The van der Waals surface area contributed by atoms with Crippen molar-refractivity contribution >= 4 is 23.6 Å². The summed E-state index contributed by atoms with van der Waals surface area (Å²) in [6, 6.07) is 4.57. The van der Waals surface area contributed by atoms with Gasteiger partial charge in [0.25, 0.3) is 0 Å². The Morgan fingerprint density at radius 3 is 2.46 bits per heavy atom. The molecule has 1 aliphatic heterocycles. The van der Waals surface area contributed by atoms with Gasteiger partial charge in [-0.25, -0.2) is 23.5 Å². The van der Waals surface area contributed by atoms with Gasteiger partial charge in [0.2, 0.25) is 11.9 Å². The van der Waals surface area contributed by atoms with Gasteiger partial charge in [0.15, 0.2) is 11.6 Å². The minimum absolute atomic E-state index is 0.177. The fraction of sp³-hybridized carbons (Fsp3) is 0.294. The molecule has 1 aromatic carbocycles. The maximum atomic E-state index is 13.4. The van der Waals surface area contributed by atoms with E-state index in [1.54, 1.807) is 19.9 Å². The number of aromatic nitrogens is 2. The van der Waals surface area contributed by atoms with Gasteiger partial charge in [-0.15, -0.1) is 0 Å². The van der Waals surface area contributed by atoms with E-state index in [1.807, 2.05) is 0 Å². The standard InChI is InChI=1S/C17H17F2N5O2/c1-10-7-11(2)21-16(20-10)22-15(25)9-23-5-6-24(17(23)26)12-3-4-13(18)14(19)8-12/h3-4,7-8H,5-6,9H2,1-2H3,(H,20,21,22,25). The molecule has 7 nitrogen and oxygen atoms in total. The van der Waals surface area contributed by atoms with E-state index in [4.69, 9.17) is 0 Å². The van der Waals surface area contributed by atoms with E-state index in [1.165, 1.54) is 15.9 Å². The molecule has 1 saturated heterocycles. The lowest BCUT2D eigenvalue weighted by Gasteiger charge is -2.18. The average molecular weight is 361 g/mol. The molecule has 0 atom stereocenters. The normalized spacial score (nSPS) is 14.1. The first-order valence-electron chi connectivity index (χ1n) is 7.97. The van der Waals surface area contributed by atoms with Crippen molar-refractivity contribution in [2.75, 3.05) is 29.9 Å². The summed E-state index contributed by atoms with van der Waals surface area (Å²) < 4.78 is 26.4. The number of anilines is 2. The third kappa shape index (κ3) is 3.76. The van der Waals surface area contributed by atoms with Crippen LogP contribution in [-0.2, 0) is 4.79 Å². The van der Waals surface area contributed by atoms with Gasteiger partial charge < -0.3 is 4.90 Å². The summed E-state index contributed by atoms with van der Waals surface area (Å²) in [7, 11) is 0.